The molecule has 1 heterocycles. The summed E-state index contributed by atoms with van der Waals surface area (Å²) in [4.78, 5) is 6.77. The Morgan fingerprint density at radius 2 is 1.84 bits per heavy atom. The number of pyridine rings is 1. The number of nitrogens with zero attached hydrogens (tertiary/aromatic N) is 2. The van der Waals surface area contributed by atoms with Gasteiger partial charge in [0.15, 0.2) is 0 Å². The van der Waals surface area contributed by atoms with Crippen molar-refractivity contribution >= 4 is 5.69 Å². The third kappa shape index (κ3) is 5.19. The second kappa shape index (κ2) is 7.49. The first kappa shape index (κ1) is 16.0. The summed E-state index contributed by atoms with van der Waals surface area (Å²) < 4.78 is 0. The first-order valence-electron chi connectivity index (χ1n) is 7.34. The van der Waals surface area contributed by atoms with Crippen LogP contribution < -0.4 is 10.2 Å². The van der Waals surface area contributed by atoms with Crippen LogP contribution in [-0.4, -0.2) is 23.6 Å². The first-order chi connectivity index (χ1) is 8.91. The van der Waals surface area contributed by atoms with E-state index in [1.807, 2.05) is 12.4 Å². The van der Waals surface area contributed by atoms with Crippen LogP contribution in [0.1, 0.15) is 47.1 Å². The summed E-state index contributed by atoms with van der Waals surface area (Å²) in [5.41, 5.74) is 2.59. The van der Waals surface area contributed by atoms with Crippen LogP contribution in [0.25, 0.3) is 0 Å². The van der Waals surface area contributed by atoms with Gasteiger partial charge in [-0.3, -0.25) is 4.98 Å². The first-order valence-corrected chi connectivity index (χ1v) is 7.34. The van der Waals surface area contributed by atoms with E-state index < -0.39 is 0 Å². The van der Waals surface area contributed by atoms with Gasteiger partial charge in [-0.25, -0.2) is 0 Å². The molecule has 0 aromatic carbocycles. The molecule has 0 aliphatic carbocycles. The highest BCUT2D eigenvalue weighted by atomic mass is 15.2. The van der Waals surface area contributed by atoms with Gasteiger partial charge in [0, 0.05) is 31.4 Å². The lowest BCUT2D eigenvalue weighted by Gasteiger charge is -2.32. The maximum absolute atomic E-state index is 4.31. The molecule has 3 heteroatoms. The minimum Gasteiger partial charge on any atom is -0.367 e. The predicted octanol–water partition coefficient (Wildman–Crippen LogP) is 3.45. The van der Waals surface area contributed by atoms with Crippen molar-refractivity contribution in [2.45, 2.75) is 60.2 Å². The highest BCUT2D eigenvalue weighted by molar-refractivity contribution is 5.52. The van der Waals surface area contributed by atoms with Crippen molar-refractivity contribution in [3.63, 3.8) is 0 Å². The zero-order valence-corrected chi connectivity index (χ0v) is 13.3. The Labute approximate surface area is 118 Å². The SMILES string of the molecule is CC(C)CN(c1cnccc1CNC(C)C)C(C)C. The summed E-state index contributed by atoms with van der Waals surface area (Å²) in [6, 6.07) is 3.11. The number of hydrogen-bond donors (Lipinski definition) is 1. The molecule has 0 saturated carbocycles. The predicted molar refractivity (Wildman–Crippen MR) is 83.5 cm³/mol. The van der Waals surface area contributed by atoms with Crippen molar-refractivity contribution in [2.75, 3.05) is 11.4 Å². The molecule has 19 heavy (non-hydrogen) atoms. The Morgan fingerprint density at radius 1 is 1.16 bits per heavy atom. The van der Waals surface area contributed by atoms with E-state index in [-0.39, 0.29) is 0 Å². The molecule has 1 N–H and O–H groups in total. The summed E-state index contributed by atoms with van der Waals surface area (Å²) in [5.74, 6) is 0.647. The van der Waals surface area contributed by atoms with Crippen LogP contribution in [-0.2, 0) is 6.54 Å². The lowest BCUT2D eigenvalue weighted by molar-refractivity contribution is 0.559. The van der Waals surface area contributed by atoms with Crippen molar-refractivity contribution in [1.29, 1.82) is 0 Å². The van der Waals surface area contributed by atoms with Crippen LogP contribution in [0.5, 0.6) is 0 Å². The number of anilines is 1. The number of rotatable bonds is 7. The maximum Gasteiger partial charge on any atom is 0.0600 e. The van der Waals surface area contributed by atoms with Crippen molar-refractivity contribution in [2.24, 2.45) is 5.92 Å². The zero-order valence-electron chi connectivity index (χ0n) is 13.3. The second-order valence-electron chi connectivity index (χ2n) is 6.18. The van der Waals surface area contributed by atoms with E-state index in [0.717, 1.165) is 13.1 Å². The van der Waals surface area contributed by atoms with Crippen LogP contribution in [0.3, 0.4) is 0 Å². The second-order valence-corrected chi connectivity index (χ2v) is 6.18. The highest BCUT2D eigenvalue weighted by Gasteiger charge is 2.15. The fraction of sp³-hybridized carbons (Fsp3) is 0.688. The smallest absolute Gasteiger partial charge is 0.0600 e. The standard InChI is InChI=1S/C16H29N3/c1-12(2)11-19(14(5)6)16-10-17-8-7-15(16)9-18-13(3)4/h7-8,10,12-14,18H,9,11H2,1-6H3. The molecule has 0 fully saturated rings. The lowest BCUT2D eigenvalue weighted by Crippen LogP contribution is -2.35. The van der Waals surface area contributed by atoms with Crippen LogP contribution in [0.4, 0.5) is 5.69 Å². The van der Waals surface area contributed by atoms with E-state index in [4.69, 9.17) is 0 Å². The van der Waals surface area contributed by atoms with Gasteiger partial charge in [-0.2, -0.15) is 0 Å². The van der Waals surface area contributed by atoms with Gasteiger partial charge in [0.05, 0.1) is 11.9 Å². The van der Waals surface area contributed by atoms with Gasteiger partial charge in [-0.15, -0.1) is 0 Å². The molecule has 108 valence electrons. The molecule has 0 spiro atoms. The Bertz CT molecular complexity index is 372. The largest absolute Gasteiger partial charge is 0.367 e. The summed E-state index contributed by atoms with van der Waals surface area (Å²) in [6.45, 7) is 15.3. The minimum absolute atomic E-state index is 0.490. The summed E-state index contributed by atoms with van der Waals surface area (Å²) >= 11 is 0. The van der Waals surface area contributed by atoms with Crippen molar-refractivity contribution < 1.29 is 0 Å². The Morgan fingerprint density at radius 3 is 2.37 bits per heavy atom. The minimum atomic E-state index is 0.490. The molecule has 1 aromatic heterocycles. The van der Waals surface area contributed by atoms with Crippen molar-refractivity contribution in [3.05, 3.63) is 24.0 Å². The number of nitrogens with one attached hydrogen (secondary N) is 1. The average molecular weight is 263 g/mol. The van der Waals surface area contributed by atoms with E-state index in [1.165, 1.54) is 11.3 Å². The summed E-state index contributed by atoms with van der Waals surface area (Å²) in [5, 5.41) is 3.49. The molecule has 1 aromatic rings. The van der Waals surface area contributed by atoms with E-state index in [9.17, 15) is 0 Å². The number of hydrogen-bond acceptors (Lipinski definition) is 3. The van der Waals surface area contributed by atoms with Crippen molar-refractivity contribution in [1.82, 2.24) is 10.3 Å². The molecule has 0 bridgehead atoms. The molecule has 0 atom stereocenters. The van der Waals surface area contributed by atoms with Gasteiger partial charge in [0.2, 0.25) is 0 Å². The molecular weight excluding hydrogens is 234 g/mol. The van der Waals surface area contributed by atoms with Crippen molar-refractivity contribution in [3.8, 4) is 0 Å². The Balaban J connectivity index is 2.94. The van der Waals surface area contributed by atoms with Gasteiger partial charge >= 0.3 is 0 Å². The fourth-order valence-corrected chi connectivity index (χ4v) is 2.12. The molecule has 0 amide bonds. The Kier molecular flexibility index (Phi) is 6.29. The summed E-state index contributed by atoms with van der Waals surface area (Å²) in [6.07, 6.45) is 3.88. The van der Waals surface area contributed by atoms with Crippen LogP contribution in [0.15, 0.2) is 18.5 Å². The average Bonchev–Trinajstić information content (AvgIpc) is 2.33. The van der Waals surface area contributed by atoms with Gasteiger partial charge in [-0.05, 0) is 31.4 Å². The molecule has 0 aliphatic rings. The number of aromatic nitrogens is 1. The molecular formula is C16H29N3. The van der Waals surface area contributed by atoms with E-state index in [0.29, 0.717) is 18.0 Å². The molecule has 1 rings (SSSR count). The van der Waals surface area contributed by atoms with Gasteiger partial charge < -0.3 is 10.2 Å². The maximum atomic E-state index is 4.31. The lowest BCUT2D eigenvalue weighted by atomic mass is 10.1. The normalized spacial score (nSPS) is 11.6. The van der Waals surface area contributed by atoms with Gasteiger partial charge in [0.25, 0.3) is 0 Å². The fourth-order valence-electron chi connectivity index (χ4n) is 2.12. The molecule has 0 saturated heterocycles. The molecule has 3 nitrogen and oxygen atoms in total. The van der Waals surface area contributed by atoms with Crippen LogP contribution in [0.2, 0.25) is 0 Å². The van der Waals surface area contributed by atoms with Crippen LogP contribution >= 0.6 is 0 Å². The molecule has 0 aliphatic heterocycles. The summed E-state index contributed by atoms with van der Waals surface area (Å²) in [7, 11) is 0. The van der Waals surface area contributed by atoms with E-state index in [1.54, 1.807) is 0 Å². The quantitative estimate of drug-likeness (QED) is 0.816. The topological polar surface area (TPSA) is 28.2 Å². The molecule has 0 unspecified atom stereocenters. The zero-order chi connectivity index (χ0) is 14.4. The van der Waals surface area contributed by atoms with E-state index in [2.05, 4.69) is 62.8 Å². The highest BCUT2D eigenvalue weighted by Crippen LogP contribution is 2.22. The van der Waals surface area contributed by atoms with Gasteiger partial charge in [0.1, 0.15) is 0 Å². The Hall–Kier alpha value is -1.09. The monoisotopic (exact) mass is 263 g/mol. The van der Waals surface area contributed by atoms with Crippen LogP contribution in [0, 0.1) is 5.92 Å². The van der Waals surface area contributed by atoms with E-state index >= 15 is 0 Å². The van der Waals surface area contributed by atoms with Gasteiger partial charge in [-0.1, -0.05) is 27.7 Å². The third-order valence-electron chi connectivity index (χ3n) is 3.08. The molecule has 0 radical (unpaired) electrons. The third-order valence-corrected chi connectivity index (χ3v) is 3.08.